The molecule has 0 aliphatic rings. The van der Waals surface area contributed by atoms with Crippen molar-refractivity contribution in [1.82, 2.24) is 0 Å². The van der Waals surface area contributed by atoms with Crippen LogP contribution in [0.5, 0.6) is 0 Å². The van der Waals surface area contributed by atoms with E-state index in [2.05, 4.69) is 54.6 Å². The van der Waals surface area contributed by atoms with Gasteiger partial charge in [-0.2, -0.15) is 0 Å². The summed E-state index contributed by atoms with van der Waals surface area (Å²) < 4.78 is 12.2. The monoisotopic (exact) mass is 262 g/mol. The minimum absolute atomic E-state index is 0.634. The zero-order valence-corrected chi connectivity index (χ0v) is 14.5. The number of hydrogen-bond donors (Lipinski definition) is 0. The standard InChI is InChI=1S/C12H30O2Si2/c1-10(2)16(11(3)4,12(5)6)14-15(8,9)13-7/h10-12H,1-9H3. The van der Waals surface area contributed by atoms with Crippen LogP contribution in [0.15, 0.2) is 0 Å². The van der Waals surface area contributed by atoms with Gasteiger partial charge in [0, 0.05) is 7.11 Å². The van der Waals surface area contributed by atoms with Crippen LogP contribution in [0.2, 0.25) is 29.7 Å². The molecule has 0 heterocycles. The molecule has 0 rings (SSSR count). The quantitative estimate of drug-likeness (QED) is 0.655. The van der Waals surface area contributed by atoms with Crippen molar-refractivity contribution in [3.05, 3.63) is 0 Å². The van der Waals surface area contributed by atoms with Crippen LogP contribution < -0.4 is 0 Å². The summed E-state index contributed by atoms with van der Waals surface area (Å²) in [4.78, 5) is 0. The summed E-state index contributed by atoms with van der Waals surface area (Å²) >= 11 is 0. The Morgan fingerprint density at radius 3 is 1.25 bits per heavy atom. The second kappa shape index (κ2) is 5.80. The zero-order chi connectivity index (χ0) is 13.1. The van der Waals surface area contributed by atoms with Gasteiger partial charge in [-0.1, -0.05) is 41.5 Å². The summed E-state index contributed by atoms with van der Waals surface area (Å²) in [6.45, 7) is 18.2. The lowest BCUT2D eigenvalue weighted by Gasteiger charge is -2.46. The van der Waals surface area contributed by atoms with Gasteiger partial charge >= 0.3 is 8.56 Å². The molecule has 0 aliphatic heterocycles. The molecule has 0 atom stereocenters. The van der Waals surface area contributed by atoms with Gasteiger partial charge in [-0.3, -0.25) is 0 Å². The van der Waals surface area contributed by atoms with Crippen LogP contribution in [0, 0.1) is 0 Å². The Morgan fingerprint density at radius 1 is 0.750 bits per heavy atom. The molecule has 16 heavy (non-hydrogen) atoms. The fourth-order valence-electron chi connectivity index (χ4n) is 2.82. The summed E-state index contributed by atoms with van der Waals surface area (Å²) in [6, 6.07) is 0. The molecule has 0 bridgehead atoms. The van der Waals surface area contributed by atoms with Crippen molar-refractivity contribution in [3.8, 4) is 0 Å². The van der Waals surface area contributed by atoms with Gasteiger partial charge in [0.2, 0.25) is 0 Å². The largest absolute Gasteiger partial charge is 0.435 e. The molecule has 0 amide bonds. The van der Waals surface area contributed by atoms with Gasteiger partial charge in [0.15, 0.2) is 8.32 Å². The highest BCUT2D eigenvalue weighted by Gasteiger charge is 2.48. The maximum Gasteiger partial charge on any atom is 0.321 e. The molecule has 0 unspecified atom stereocenters. The van der Waals surface area contributed by atoms with Gasteiger partial charge < -0.3 is 8.54 Å². The molecule has 98 valence electrons. The molecule has 0 aromatic heterocycles. The van der Waals surface area contributed by atoms with E-state index in [1.54, 1.807) is 7.11 Å². The second-order valence-electron chi connectivity index (χ2n) is 6.02. The first-order chi connectivity index (χ1) is 7.10. The molecule has 0 spiro atoms. The smallest absolute Gasteiger partial charge is 0.321 e. The second-order valence-corrected chi connectivity index (χ2v) is 15.2. The fraction of sp³-hybridized carbons (Fsp3) is 1.00. The first-order valence-corrected chi connectivity index (χ1v) is 11.3. The van der Waals surface area contributed by atoms with Crippen molar-refractivity contribution in [2.45, 2.75) is 71.3 Å². The lowest BCUT2D eigenvalue weighted by molar-refractivity contribution is 0.297. The van der Waals surface area contributed by atoms with Gasteiger partial charge in [0.25, 0.3) is 0 Å². The lowest BCUT2D eigenvalue weighted by atomic mass is 10.5. The van der Waals surface area contributed by atoms with Crippen molar-refractivity contribution in [2.75, 3.05) is 7.11 Å². The Kier molecular flexibility index (Phi) is 5.93. The highest BCUT2D eigenvalue weighted by atomic mass is 28.4. The van der Waals surface area contributed by atoms with E-state index >= 15 is 0 Å². The van der Waals surface area contributed by atoms with E-state index in [4.69, 9.17) is 8.54 Å². The Labute approximate surface area is 104 Å². The summed E-state index contributed by atoms with van der Waals surface area (Å²) in [5, 5.41) is 0. The molecule has 0 saturated heterocycles. The van der Waals surface area contributed by atoms with Crippen LogP contribution in [-0.2, 0) is 8.54 Å². The van der Waals surface area contributed by atoms with Gasteiger partial charge in [0.1, 0.15) is 0 Å². The Morgan fingerprint density at radius 2 is 1.06 bits per heavy atom. The normalized spacial score (nSPS) is 14.2. The molecular formula is C12H30O2Si2. The fourth-order valence-corrected chi connectivity index (χ4v) is 13.4. The average molecular weight is 263 g/mol. The van der Waals surface area contributed by atoms with E-state index in [0.29, 0.717) is 16.6 Å². The molecule has 2 nitrogen and oxygen atoms in total. The minimum atomic E-state index is -1.94. The van der Waals surface area contributed by atoms with Crippen LogP contribution in [0.3, 0.4) is 0 Å². The predicted octanol–water partition coefficient (Wildman–Crippen LogP) is 4.53. The van der Waals surface area contributed by atoms with Crippen LogP contribution in [0.1, 0.15) is 41.5 Å². The SMILES string of the molecule is CO[Si](C)(C)O[Si](C(C)C)(C(C)C)C(C)C. The van der Waals surface area contributed by atoms with Gasteiger partial charge in [-0.25, -0.2) is 0 Å². The molecule has 0 fully saturated rings. The summed E-state index contributed by atoms with van der Waals surface area (Å²) in [5.74, 6) is 0. The van der Waals surface area contributed by atoms with Gasteiger partial charge in [-0.05, 0) is 29.7 Å². The van der Waals surface area contributed by atoms with Crippen LogP contribution in [0.25, 0.3) is 0 Å². The first-order valence-electron chi connectivity index (χ1n) is 6.35. The average Bonchev–Trinajstić information content (AvgIpc) is 2.12. The third-order valence-corrected chi connectivity index (χ3v) is 13.4. The predicted molar refractivity (Wildman–Crippen MR) is 76.6 cm³/mol. The van der Waals surface area contributed by atoms with E-state index in [-0.39, 0.29) is 0 Å². The summed E-state index contributed by atoms with van der Waals surface area (Å²) in [7, 11) is -1.90. The Bertz CT molecular complexity index is 191. The third-order valence-electron chi connectivity index (χ3n) is 3.62. The summed E-state index contributed by atoms with van der Waals surface area (Å²) in [6.07, 6.45) is 0. The van der Waals surface area contributed by atoms with E-state index in [1.165, 1.54) is 0 Å². The van der Waals surface area contributed by atoms with E-state index in [1.807, 2.05) is 0 Å². The van der Waals surface area contributed by atoms with Crippen LogP contribution in [0.4, 0.5) is 0 Å². The third kappa shape index (κ3) is 3.42. The topological polar surface area (TPSA) is 18.5 Å². The Hall–Kier alpha value is 0.354. The molecule has 0 radical (unpaired) electrons. The van der Waals surface area contributed by atoms with E-state index in [0.717, 1.165) is 0 Å². The Balaban J connectivity index is 5.21. The molecule has 0 aromatic rings. The highest BCUT2D eigenvalue weighted by Crippen LogP contribution is 2.43. The van der Waals surface area contributed by atoms with Crippen molar-refractivity contribution < 1.29 is 8.54 Å². The maximum absolute atomic E-state index is 6.61. The van der Waals surface area contributed by atoms with Crippen molar-refractivity contribution >= 4 is 16.9 Å². The maximum atomic E-state index is 6.61. The molecule has 0 saturated carbocycles. The van der Waals surface area contributed by atoms with Crippen LogP contribution >= 0.6 is 0 Å². The van der Waals surface area contributed by atoms with Gasteiger partial charge in [0.05, 0.1) is 0 Å². The first kappa shape index (κ1) is 16.4. The van der Waals surface area contributed by atoms with Crippen molar-refractivity contribution in [2.24, 2.45) is 0 Å². The minimum Gasteiger partial charge on any atom is -0.435 e. The molecule has 4 heteroatoms. The highest BCUT2D eigenvalue weighted by molar-refractivity contribution is 6.86. The van der Waals surface area contributed by atoms with E-state index < -0.39 is 16.9 Å². The summed E-state index contributed by atoms with van der Waals surface area (Å²) in [5.41, 5.74) is 1.90. The molecule has 0 aromatic carbocycles. The van der Waals surface area contributed by atoms with E-state index in [9.17, 15) is 0 Å². The van der Waals surface area contributed by atoms with Crippen LogP contribution in [-0.4, -0.2) is 24.0 Å². The number of hydrogen-bond acceptors (Lipinski definition) is 2. The van der Waals surface area contributed by atoms with Crippen molar-refractivity contribution in [1.29, 1.82) is 0 Å². The van der Waals surface area contributed by atoms with Crippen molar-refractivity contribution in [3.63, 3.8) is 0 Å². The zero-order valence-electron chi connectivity index (χ0n) is 12.5. The lowest BCUT2D eigenvalue weighted by Crippen LogP contribution is -2.55. The van der Waals surface area contributed by atoms with Gasteiger partial charge in [-0.15, -0.1) is 0 Å². The molecule has 0 aliphatic carbocycles. The molecular weight excluding hydrogens is 232 g/mol. The number of rotatable bonds is 6. The molecule has 0 N–H and O–H groups in total.